The first-order valence-corrected chi connectivity index (χ1v) is 8.14. The van der Waals surface area contributed by atoms with E-state index in [-0.39, 0.29) is 18.1 Å². The Morgan fingerprint density at radius 2 is 2.42 bits per heavy atom. The number of nitrogens with zero attached hydrogens (tertiary/aromatic N) is 4. The standard InChI is InChI=1S/C16H23N5O3/c1-12(8-20-11-17-10-18-20)19-16(22)21-7-3-4-14(21)15-6-5-13(24-15)9-23-2/h5-6,10-12,14H,3-4,7-9H2,1-2H3,(H,19,22)/t12-,14-/m1/s1. The van der Waals surface area contributed by atoms with Gasteiger partial charge >= 0.3 is 6.03 Å². The summed E-state index contributed by atoms with van der Waals surface area (Å²) >= 11 is 0. The van der Waals surface area contributed by atoms with Crippen LogP contribution in [0.15, 0.2) is 29.2 Å². The summed E-state index contributed by atoms with van der Waals surface area (Å²) in [5, 5.41) is 7.08. The summed E-state index contributed by atoms with van der Waals surface area (Å²) in [7, 11) is 1.63. The second-order valence-electron chi connectivity index (χ2n) is 6.06. The first-order valence-electron chi connectivity index (χ1n) is 8.14. The van der Waals surface area contributed by atoms with E-state index < -0.39 is 0 Å². The van der Waals surface area contributed by atoms with Crippen molar-refractivity contribution in [3.05, 3.63) is 36.3 Å². The molecule has 0 aliphatic carbocycles. The SMILES string of the molecule is COCc1ccc([C@H]2CCCN2C(=O)N[C@H](C)Cn2cncn2)o1. The van der Waals surface area contributed by atoms with Gasteiger partial charge in [0.15, 0.2) is 0 Å². The highest BCUT2D eigenvalue weighted by Gasteiger charge is 2.32. The van der Waals surface area contributed by atoms with Crippen molar-refractivity contribution in [1.82, 2.24) is 25.0 Å². The Balaban J connectivity index is 1.60. The molecule has 24 heavy (non-hydrogen) atoms. The Hall–Kier alpha value is -2.35. The van der Waals surface area contributed by atoms with Crippen LogP contribution in [0.4, 0.5) is 4.79 Å². The molecule has 0 saturated carbocycles. The maximum absolute atomic E-state index is 12.6. The van der Waals surface area contributed by atoms with E-state index in [1.54, 1.807) is 18.1 Å². The first kappa shape index (κ1) is 16.5. The third-order valence-electron chi connectivity index (χ3n) is 4.11. The molecule has 0 bridgehead atoms. The quantitative estimate of drug-likeness (QED) is 0.873. The van der Waals surface area contributed by atoms with E-state index in [1.807, 2.05) is 24.0 Å². The van der Waals surface area contributed by atoms with Crippen molar-refractivity contribution in [2.75, 3.05) is 13.7 Å². The molecule has 1 fully saturated rings. The lowest BCUT2D eigenvalue weighted by molar-refractivity contribution is 0.155. The summed E-state index contributed by atoms with van der Waals surface area (Å²) in [6.45, 7) is 3.71. The molecule has 8 heteroatoms. The van der Waals surface area contributed by atoms with Crippen LogP contribution in [0.5, 0.6) is 0 Å². The number of nitrogens with one attached hydrogen (secondary N) is 1. The third kappa shape index (κ3) is 3.76. The van der Waals surface area contributed by atoms with Gasteiger partial charge in [-0.3, -0.25) is 4.68 Å². The zero-order valence-corrected chi connectivity index (χ0v) is 14.0. The van der Waals surface area contributed by atoms with Crippen molar-refractivity contribution < 1.29 is 13.9 Å². The van der Waals surface area contributed by atoms with Crippen molar-refractivity contribution in [2.24, 2.45) is 0 Å². The molecule has 0 spiro atoms. The molecular weight excluding hydrogens is 310 g/mol. The van der Waals surface area contributed by atoms with Crippen LogP contribution in [0.1, 0.15) is 37.3 Å². The zero-order chi connectivity index (χ0) is 16.9. The van der Waals surface area contributed by atoms with Crippen molar-refractivity contribution in [3.63, 3.8) is 0 Å². The predicted molar refractivity (Wildman–Crippen MR) is 86.1 cm³/mol. The Morgan fingerprint density at radius 3 is 3.17 bits per heavy atom. The molecule has 8 nitrogen and oxygen atoms in total. The highest BCUT2D eigenvalue weighted by Crippen LogP contribution is 2.33. The van der Waals surface area contributed by atoms with Gasteiger partial charge in [0.1, 0.15) is 30.8 Å². The number of methoxy groups -OCH3 is 1. The fourth-order valence-electron chi connectivity index (χ4n) is 3.05. The monoisotopic (exact) mass is 333 g/mol. The van der Waals surface area contributed by atoms with Gasteiger partial charge in [-0.2, -0.15) is 5.10 Å². The largest absolute Gasteiger partial charge is 0.461 e. The topological polar surface area (TPSA) is 85.4 Å². The summed E-state index contributed by atoms with van der Waals surface area (Å²) in [6, 6.07) is 3.70. The summed E-state index contributed by atoms with van der Waals surface area (Å²) < 4.78 is 12.6. The highest BCUT2D eigenvalue weighted by molar-refractivity contribution is 5.75. The van der Waals surface area contributed by atoms with Crippen LogP contribution in [0.2, 0.25) is 0 Å². The number of urea groups is 1. The number of carbonyl (C=O) groups is 1. The number of hydrogen-bond donors (Lipinski definition) is 1. The minimum absolute atomic E-state index is 0.0193. The number of rotatable bonds is 6. The molecule has 1 saturated heterocycles. The predicted octanol–water partition coefficient (Wildman–Crippen LogP) is 1.95. The molecule has 3 heterocycles. The van der Waals surface area contributed by atoms with Gasteiger partial charge in [-0.15, -0.1) is 0 Å². The summed E-state index contributed by atoms with van der Waals surface area (Å²) in [5.41, 5.74) is 0. The minimum Gasteiger partial charge on any atom is -0.461 e. The lowest BCUT2D eigenvalue weighted by Gasteiger charge is -2.25. The van der Waals surface area contributed by atoms with Gasteiger partial charge in [-0.05, 0) is 31.9 Å². The molecule has 1 aliphatic heterocycles. The van der Waals surface area contributed by atoms with Gasteiger partial charge in [0, 0.05) is 19.7 Å². The number of carbonyl (C=O) groups excluding carboxylic acids is 1. The molecule has 0 aromatic carbocycles. The van der Waals surface area contributed by atoms with Crippen LogP contribution in [0.3, 0.4) is 0 Å². The second kappa shape index (κ2) is 7.48. The van der Waals surface area contributed by atoms with Crippen LogP contribution in [-0.2, 0) is 17.9 Å². The molecule has 130 valence electrons. The molecular formula is C16H23N5O3. The van der Waals surface area contributed by atoms with Gasteiger partial charge in [0.05, 0.1) is 12.6 Å². The molecule has 2 amide bonds. The third-order valence-corrected chi connectivity index (χ3v) is 4.11. The summed E-state index contributed by atoms with van der Waals surface area (Å²) in [6.07, 6.45) is 5.00. The number of amides is 2. The minimum atomic E-state index is -0.0743. The van der Waals surface area contributed by atoms with E-state index in [0.29, 0.717) is 13.2 Å². The maximum atomic E-state index is 12.6. The van der Waals surface area contributed by atoms with E-state index in [2.05, 4.69) is 15.4 Å². The van der Waals surface area contributed by atoms with E-state index in [1.165, 1.54) is 6.33 Å². The molecule has 2 aromatic rings. The Morgan fingerprint density at radius 1 is 1.54 bits per heavy atom. The number of ether oxygens (including phenoxy) is 1. The van der Waals surface area contributed by atoms with Crippen LogP contribution in [0.25, 0.3) is 0 Å². The zero-order valence-electron chi connectivity index (χ0n) is 14.0. The Kier molecular flexibility index (Phi) is 5.14. The first-order chi connectivity index (χ1) is 11.7. The van der Waals surface area contributed by atoms with Gasteiger partial charge in [-0.25, -0.2) is 9.78 Å². The van der Waals surface area contributed by atoms with Crippen molar-refractivity contribution in [3.8, 4) is 0 Å². The number of likely N-dealkylation sites (tertiary alicyclic amines) is 1. The Bertz CT molecular complexity index is 654. The lowest BCUT2D eigenvalue weighted by atomic mass is 10.2. The van der Waals surface area contributed by atoms with Crippen molar-refractivity contribution in [1.29, 1.82) is 0 Å². The van der Waals surface area contributed by atoms with Crippen LogP contribution in [-0.4, -0.2) is 45.4 Å². The van der Waals surface area contributed by atoms with E-state index in [9.17, 15) is 4.79 Å². The van der Waals surface area contributed by atoms with Crippen LogP contribution < -0.4 is 5.32 Å². The summed E-state index contributed by atoms with van der Waals surface area (Å²) in [4.78, 5) is 18.4. The van der Waals surface area contributed by atoms with Crippen molar-refractivity contribution >= 4 is 6.03 Å². The van der Waals surface area contributed by atoms with Crippen molar-refractivity contribution in [2.45, 2.75) is 45.0 Å². The lowest BCUT2D eigenvalue weighted by Crippen LogP contribution is -2.44. The molecule has 2 atom stereocenters. The van der Waals surface area contributed by atoms with Gasteiger partial charge in [0.2, 0.25) is 0 Å². The molecule has 1 aliphatic rings. The fraction of sp³-hybridized carbons (Fsp3) is 0.562. The Labute approximate surface area is 140 Å². The number of hydrogen-bond acceptors (Lipinski definition) is 5. The number of furan rings is 1. The number of aromatic nitrogens is 3. The molecule has 2 aromatic heterocycles. The van der Waals surface area contributed by atoms with E-state index in [4.69, 9.17) is 9.15 Å². The van der Waals surface area contributed by atoms with Gasteiger partial charge < -0.3 is 19.4 Å². The van der Waals surface area contributed by atoms with Crippen LogP contribution >= 0.6 is 0 Å². The average Bonchev–Trinajstić information content (AvgIpc) is 3.28. The average molecular weight is 333 g/mol. The van der Waals surface area contributed by atoms with E-state index >= 15 is 0 Å². The second-order valence-corrected chi connectivity index (χ2v) is 6.06. The molecule has 0 radical (unpaired) electrons. The smallest absolute Gasteiger partial charge is 0.318 e. The van der Waals surface area contributed by atoms with Crippen LogP contribution in [0, 0.1) is 0 Å². The molecule has 3 rings (SSSR count). The van der Waals surface area contributed by atoms with E-state index in [0.717, 1.165) is 30.9 Å². The molecule has 1 N–H and O–H groups in total. The summed E-state index contributed by atoms with van der Waals surface area (Å²) in [5.74, 6) is 1.60. The highest BCUT2D eigenvalue weighted by atomic mass is 16.5. The van der Waals surface area contributed by atoms with Gasteiger partial charge in [-0.1, -0.05) is 0 Å². The maximum Gasteiger partial charge on any atom is 0.318 e. The normalized spacial score (nSPS) is 18.8. The van der Waals surface area contributed by atoms with Gasteiger partial charge in [0.25, 0.3) is 0 Å². The fourth-order valence-corrected chi connectivity index (χ4v) is 3.05. The molecule has 0 unspecified atom stereocenters.